The highest BCUT2D eigenvalue weighted by Gasteiger charge is 2.20. The Bertz CT molecular complexity index is 460. The minimum atomic E-state index is -0.379. The molecule has 0 amide bonds. The first-order chi connectivity index (χ1) is 9.10. The van der Waals surface area contributed by atoms with E-state index in [9.17, 15) is 10.1 Å². The highest BCUT2D eigenvalue weighted by Crippen LogP contribution is 2.28. The average molecular weight is 264 g/mol. The summed E-state index contributed by atoms with van der Waals surface area (Å²) >= 11 is 0. The highest BCUT2D eigenvalue weighted by atomic mass is 16.6. The number of hydrogen-bond acceptors (Lipinski definition) is 5. The highest BCUT2D eigenvalue weighted by molar-refractivity contribution is 5.55. The van der Waals surface area contributed by atoms with Gasteiger partial charge in [-0.3, -0.25) is 16.0 Å². The van der Waals surface area contributed by atoms with Crippen molar-refractivity contribution < 1.29 is 4.92 Å². The van der Waals surface area contributed by atoms with Gasteiger partial charge in [-0.25, -0.2) is 0 Å². The number of nitrogen functional groups attached to an aromatic ring is 1. The third-order valence-electron chi connectivity index (χ3n) is 3.69. The lowest BCUT2D eigenvalue weighted by Crippen LogP contribution is -2.29. The van der Waals surface area contributed by atoms with Crippen LogP contribution in [-0.4, -0.2) is 23.4 Å². The predicted octanol–water partition coefficient (Wildman–Crippen LogP) is 2.11. The van der Waals surface area contributed by atoms with Crippen LogP contribution in [0.1, 0.15) is 24.8 Å². The van der Waals surface area contributed by atoms with Crippen LogP contribution < -0.4 is 11.3 Å². The number of nitrogens with zero attached hydrogens (tertiary/aromatic N) is 2. The number of nitro benzene ring substituents is 1. The number of hydrogen-bond donors (Lipinski definition) is 2. The second kappa shape index (κ2) is 5.99. The van der Waals surface area contributed by atoms with E-state index in [1.807, 2.05) is 7.05 Å². The lowest BCUT2D eigenvalue weighted by Gasteiger charge is -2.30. The van der Waals surface area contributed by atoms with Gasteiger partial charge in [0.15, 0.2) is 0 Å². The Morgan fingerprint density at radius 2 is 2.26 bits per heavy atom. The van der Waals surface area contributed by atoms with E-state index in [0.717, 1.165) is 23.7 Å². The molecule has 2 rings (SSSR count). The zero-order chi connectivity index (χ0) is 13.8. The molecule has 0 bridgehead atoms. The van der Waals surface area contributed by atoms with Gasteiger partial charge in [0.25, 0.3) is 5.69 Å². The Kier molecular flexibility index (Phi) is 4.34. The Labute approximate surface area is 112 Å². The molecule has 1 aromatic rings. The van der Waals surface area contributed by atoms with E-state index in [-0.39, 0.29) is 10.6 Å². The molecule has 19 heavy (non-hydrogen) atoms. The molecule has 1 fully saturated rings. The van der Waals surface area contributed by atoms with Crippen LogP contribution in [0.2, 0.25) is 0 Å². The maximum Gasteiger partial charge on any atom is 0.269 e. The van der Waals surface area contributed by atoms with E-state index in [1.54, 1.807) is 12.1 Å². The zero-order valence-corrected chi connectivity index (χ0v) is 11.1. The summed E-state index contributed by atoms with van der Waals surface area (Å²) < 4.78 is 0. The monoisotopic (exact) mass is 264 g/mol. The molecule has 1 aliphatic rings. The summed E-state index contributed by atoms with van der Waals surface area (Å²) in [6.07, 6.45) is 3.91. The van der Waals surface area contributed by atoms with E-state index in [2.05, 4.69) is 10.3 Å². The molecule has 0 unspecified atom stereocenters. The van der Waals surface area contributed by atoms with Gasteiger partial charge in [0.05, 0.1) is 10.6 Å². The molecule has 0 spiro atoms. The van der Waals surface area contributed by atoms with Crippen molar-refractivity contribution in [3.63, 3.8) is 0 Å². The number of nitrogens with one attached hydrogen (secondary N) is 1. The summed E-state index contributed by atoms with van der Waals surface area (Å²) in [5.74, 6) is 6.23. The van der Waals surface area contributed by atoms with E-state index in [4.69, 9.17) is 5.84 Å². The van der Waals surface area contributed by atoms with Crippen LogP contribution in [0.5, 0.6) is 0 Å². The van der Waals surface area contributed by atoms with Crippen LogP contribution in [0.25, 0.3) is 0 Å². The summed E-state index contributed by atoms with van der Waals surface area (Å²) in [7, 11) is 2.04. The maximum atomic E-state index is 10.8. The lowest BCUT2D eigenvalue weighted by atomic mass is 9.85. The average Bonchev–Trinajstić information content (AvgIpc) is 2.33. The molecule has 0 aliphatic heterocycles. The quantitative estimate of drug-likeness (QED) is 0.467. The largest absolute Gasteiger partial charge is 0.324 e. The summed E-state index contributed by atoms with van der Waals surface area (Å²) in [5, 5.41) is 10.8. The summed E-state index contributed by atoms with van der Waals surface area (Å²) in [6, 6.07) is 4.71. The molecule has 0 atom stereocenters. The van der Waals surface area contributed by atoms with Crippen LogP contribution in [0.3, 0.4) is 0 Å². The van der Waals surface area contributed by atoms with E-state index in [1.165, 1.54) is 25.3 Å². The fraction of sp³-hybridized carbons (Fsp3) is 0.538. The minimum Gasteiger partial charge on any atom is -0.324 e. The molecule has 0 heterocycles. The standard InChI is InChI=1S/C13H20N4O2/c1-16(8-10-3-2-4-10)9-11-7-12(17(18)19)5-6-13(11)15-14/h5-7,10,15H,2-4,8-9,14H2,1H3. The van der Waals surface area contributed by atoms with Gasteiger partial charge in [0.1, 0.15) is 0 Å². The molecule has 3 N–H and O–H groups in total. The van der Waals surface area contributed by atoms with Gasteiger partial charge < -0.3 is 10.3 Å². The first-order valence-corrected chi connectivity index (χ1v) is 6.52. The van der Waals surface area contributed by atoms with Crippen molar-refractivity contribution in [2.75, 3.05) is 19.0 Å². The van der Waals surface area contributed by atoms with Crippen LogP contribution >= 0.6 is 0 Å². The molecular formula is C13H20N4O2. The van der Waals surface area contributed by atoms with Crippen molar-refractivity contribution in [3.8, 4) is 0 Å². The van der Waals surface area contributed by atoms with Gasteiger partial charge in [-0.05, 0) is 37.4 Å². The van der Waals surface area contributed by atoms with Crippen molar-refractivity contribution in [1.29, 1.82) is 0 Å². The van der Waals surface area contributed by atoms with E-state index < -0.39 is 0 Å². The minimum absolute atomic E-state index is 0.103. The number of nitro groups is 1. The van der Waals surface area contributed by atoms with Crippen molar-refractivity contribution in [1.82, 2.24) is 4.90 Å². The second-order valence-corrected chi connectivity index (χ2v) is 5.24. The van der Waals surface area contributed by atoms with E-state index in [0.29, 0.717) is 6.54 Å². The number of anilines is 1. The van der Waals surface area contributed by atoms with Crippen molar-refractivity contribution in [3.05, 3.63) is 33.9 Å². The molecule has 1 saturated carbocycles. The molecule has 104 valence electrons. The topological polar surface area (TPSA) is 84.4 Å². The maximum absolute atomic E-state index is 10.8. The molecule has 1 aromatic carbocycles. The van der Waals surface area contributed by atoms with Gasteiger partial charge in [0, 0.05) is 25.2 Å². The Morgan fingerprint density at radius 1 is 1.53 bits per heavy atom. The van der Waals surface area contributed by atoms with E-state index >= 15 is 0 Å². The number of nitrogens with two attached hydrogens (primary N) is 1. The molecule has 6 heteroatoms. The SMILES string of the molecule is CN(Cc1cc([N+](=O)[O-])ccc1NN)CC1CCC1. The Hall–Kier alpha value is -1.66. The normalized spacial score (nSPS) is 15.3. The molecule has 0 aromatic heterocycles. The third-order valence-corrected chi connectivity index (χ3v) is 3.69. The molecule has 6 nitrogen and oxygen atoms in total. The fourth-order valence-corrected chi connectivity index (χ4v) is 2.44. The lowest BCUT2D eigenvalue weighted by molar-refractivity contribution is -0.384. The van der Waals surface area contributed by atoms with Crippen LogP contribution in [0, 0.1) is 16.0 Å². The van der Waals surface area contributed by atoms with Crippen molar-refractivity contribution in [2.45, 2.75) is 25.8 Å². The van der Waals surface area contributed by atoms with Crippen LogP contribution in [-0.2, 0) is 6.54 Å². The number of rotatable bonds is 6. The first-order valence-electron chi connectivity index (χ1n) is 6.52. The summed E-state index contributed by atoms with van der Waals surface area (Å²) in [6.45, 7) is 1.70. The van der Waals surface area contributed by atoms with Crippen LogP contribution in [0.4, 0.5) is 11.4 Å². The van der Waals surface area contributed by atoms with Crippen molar-refractivity contribution in [2.24, 2.45) is 11.8 Å². The predicted molar refractivity (Wildman–Crippen MR) is 74.6 cm³/mol. The molecular weight excluding hydrogens is 244 g/mol. The summed E-state index contributed by atoms with van der Waals surface area (Å²) in [5.41, 5.74) is 4.30. The first kappa shape index (κ1) is 13.8. The van der Waals surface area contributed by atoms with Gasteiger partial charge in [-0.15, -0.1) is 0 Å². The fourth-order valence-electron chi connectivity index (χ4n) is 2.44. The second-order valence-electron chi connectivity index (χ2n) is 5.24. The van der Waals surface area contributed by atoms with Gasteiger partial charge >= 0.3 is 0 Å². The molecule has 0 saturated heterocycles. The Morgan fingerprint density at radius 3 is 2.79 bits per heavy atom. The molecule has 0 radical (unpaired) electrons. The number of benzene rings is 1. The summed E-state index contributed by atoms with van der Waals surface area (Å²) in [4.78, 5) is 12.6. The third kappa shape index (κ3) is 3.42. The number of hydrazine groups is 1. The molecule has 1 aliphatic carbocycles. The van der Waals surface area contributed by atoms with Crippen molar-refractivity contribution >= 4 is 11.4 Å². The van der Waals surface area contributed by atoms with Gasteiger partial charge in [0.2, 0.25) is 0 Å². The Balaban J connectivity index is 2.07. The van der Waals surface area contributed by atoms with Crippen LogP contribution in [0.15, 0.2) is 18.2 Å². The smallest absolute Gasteiger partial charge is 0.269 e. The van der Waals surface area contributed by atoms with Gasteiger partial charge in [-0.2, -0.15) is 0 Å². The van der Waals surface area contributed by atoms with Gasteiger partial charge in [-0.1, -0.05) is 6.42 Å². The zero-order valence-electron chi connectivity index (χ0n) is 11.1. The number of non-ortho nitro benzene ring substituents is 1.